The Balaban J connectivity index is 2.46. The summed E-state index contributed by atoms with van der Waals surface area (Å²) in [6.45, 7) is 11.9. The molecule has 0 saturated heterocycles. The maximum atomic E-state index is 11.8. The molecule has 5 heteroatoms. The molecule has 1 rings (SSSR count). The van der Waals surface area contributed by atoms with Crippen molar-refractivity contribution in [2.24, 2.45) is 0 Å². The topological polar surface area (TPSA) is 67.2 Å². The molecule has 5 nitrogen and oxygen atoms in total. The van der Waals surface area contributed by atoms with Crippen molar-refractivity contribution in [2.45, 2.75) is 59.7 Å². The molecule has 1 atom stereocenters. The number of aromatic nitrogens is 1. The van der Waals surface area contributed by atoms with Gasteiger partial charge in [-0.3, -0.25) is 10.1 Å². The van der Waals surface area contributed by atoms with E-state index >= 15 is 0 Å². The van der Waals surface area contributed by atoms with Crippen LogP contribution >= 0.6 is 0 Å². The predicted molar refractivity (Wildman–Crippen MR) is 70.2 cm³/mol. The Morgan fingerprint density at radius 1 is 1.39 bits per heavy atom. The van der Waals surface area contributed by atoms with E-state index in [1.54, 1.807) is 0 Å². The molecule has 0 saturated carbocycles. The summed E-state index contributed by atoms with van der Waals surface area (Å²) in [4.78, 5) is 16.1. The maximum absolute atomic E-state index is 11.8. The van der Waals surface area contributed by atoms with Crippen LogP contribution in [0.3, 0.4) is 0 Å². The normalized spacial score (nSPS) is 13.4. The van der Waals surface area contributed by atoms with Crippen molar-refractivity contribution in [3.05, 3.63) is 17.3 Å². The number of carbonyl (C=O) groups is 1. The lowest BCUT2D eigenvalue weighted by molar-refractivity contribution is -0.124. The first kappa shape index (κ1) is 14.7. The van der Waals surface area contributed by atoms with Crippen molar-refractivity contribution >= 4 is 5.91 Å². The Morgan fingerprint density at radius 2 is 2.00 bits per heavy atom. The summed E-state index contributed by atoms with van der Waals surface area (Å²) < 4.78 is 5.44. The van der Waals surface area contributed by atoms with Crippen molar-refractivity contribution in [3.8, 4) is 0 Å². The van der Waals surface area contributed by atoms with Gasteiger partial charge < -0.3 is 9.73 Å². The standard InChI is InChI=1S/C13H23N3O2/c1-8-10(3)18-11(15-8)7-14-9(2)12(17)16-13(4,5)6/h9,14H,7H2,1-6H3,(H,16,17). The van der Waals surface area contributed by atoms with Gasteiger partial charge in [-0.05, 0) is 41.5 Å². The fourth-order valence-electron chi connectivity index (χ4n) is 1.43. The summed E-state index contributed by atoms with van der Waals surface area (Å²) in [5.41, 5.74) is 0.668. The van der Waals surface area contributed by atoms with Crippen LogP contribution in [0.2, 0.25) is 0 Å². The molecule has 1 amide bonds. The van der Waals surface area contributed by atoms with E-state index in [0.717, 1.165) is 11.5 Å². The third kappa shape index (κ3) is 4.49. The highest BCUT2D eigenvalue weighted by Crippen LogP contribution is 2.08. The van der Waals surface area contributed by atoms with Gasteiger partial charge >= 0.3 is 0 Å². The first-order chi connectivity index (χ1) is 8.19. The zero-order valence-electron chi connectivity index (χ0n) is 12.0. The van der Waals surface area contributed by atoms with E-state index in [1.807, 2.05) is 41.5 Å². The number of amides is 1. The van der Waals surface area contributed by atoms with Crippen LogP contribution in [0.4, 0.5) is 0 Å². The molecule has 102 valence electrons. The van der Waals surface area contributed by atoms with E-state index in [2.05, 4.69) is 15.6 Å². The zero-order chi connectivity index (χ0) is 13.9. The number of nitrogens with one attached hydrogen (secondary N) is 2. The zero-order valence-corrected chi connectivity index (χ0v) is 12.0. The molecular formula is C13H23N3O2. The highest BCUT2D eigenvalue weighted by atomic mass is 16.4. The van der Waals surface area contributed by atoms with Crippen molar-refractivity contribution < 1.29 is 9.21 Å². The van der Waals surface area contributed by atoms with Gasteiger partial charge in [0.15, 0.2) is 0 Å². The quantitative estimate of drug-likeness (QED) is 0.857. The summed E-state index contributed by atoms with van der Waals surface area (Å²) in [6.07, 6.45) is 0. The van der Waals surface area contributed by atoms with Gasteiger partial charge in [-0.15, -0.1) is 0 Å². The molecule has 18 heavy (non-hydrogen) atoms. The average molecular weight is 253 g/mol. The smallest absolute Gasteiger partial charge is 0.237 e. The third-order valence-corrected chi connectivity index (χ3v) is 2.52. The van der Waals surface area contributed by atoms with Crippen molar-refractivity contribution in [1.29, 1.82) is 0 Å². The van der Waals surface area contributed by atoms with E-state index in [1.165, 1.54) is 0 Å². The minimum Gasteiger partial charge on any atom is -0.444 e. The van der Waals surface area contributed by atoms with Crippen LogP contribution in [-0.4, -0.2) is 22.5 Å². The van der Waals surface area contributed by atoms with Crippen molar-refractivity contribution in [1.82, 2.24) is 15.6 Å². The summed E-state index contributed by atoms with van der Waals surface area (Å²) in [5, 5.41) is 6.01. The molecule has 1 aromatic heterocycles. The molecular weight excluding hydrogens is 230 g/mol. The van der Waals surface area contributed by atoms with E-state index in [0.29, 0.717) is 12.4 Å². The fourth-order valence-corrected chi connectivity index (χ4v) is 1.43. The van der Waals surface area contributed by atoms with Crippen LogP contribution in [0.1, 0.15) is 45.0 Å². The second kappa shape index (κ2) is 5.52. The molecule has 0 fully saturated rings. The number of carbonyl (C=O) groups excluding carboxylic acids is 1. The van der Waals surface area contributed by atoms with Gasteiger partial charge in [0.2, 0.25) is 11.8 Å². The summed E-state index contributed by atoms with van der Waals surface area (Å²) >= 11 is 0. The third-order valence-electron chi connectivity index (χ3n) is 2.52. The molecule has 0 aliphatic rings. The van der Waals surface area contributed by atoms with E-state index in [9.17, 15) is 4.79 Å². The number of rotatable bonds is 4. The number of oxazole rings is 1. The van der Waals surface area contributed by atoms with Crippen LogP contribution in [0.5, 0.6) is 0 Å². The Labute approximate surface area is 108 Å². The van der Waals surface area contributed by atoms with Gasteiger partial charge in [0.25, 0.3) is 0 Å². The van der Waals surface area contributed by atoms with Crippen LogP contribution in [0.25, 0.3) is 0 Å². The average Bonchev–Trinajstić information content (AvgIpc) is 2.52. The van der Waals surface area contributed by atoms with Gasteiger partial charge in [-0.25, -0.2) is 4.98 Å². The maximum Gasteiger partial charge on any atom is 0.237 e. The lowest BCUT2D eigenvalue weighted by Crippen LogP contribution is -2.49. The predicted octanol–water partition coefficient (Wildman–Crippen LogP) is 1.68. The minimum atomic E-state index is -0.281. The molecule has 0 aliphatic heterocycles. The van der Waals surface area contributed by atoms with Gasteiger partial charge in [-0.1, -0.05) is 0 Å². The summed E-state index contributed by atoms with van der Waals surface area (Å²) in [7, 11) is 0. The van der Waals surface area contributed by atoms with Crippen LogP contribution < -0.4 is 10.6 Å². The number of nitrogens with zero attached hydrogens (tertiary/aromatic N) is 1. The van der Waals surface area contributed by atoms with Crippen molar-refractivity contribution in [2.75, 3.05) is 0 Å². The molecule has 1 heterocycles. The van der Waals surface area contributed by atoms with Crippen LogP contribution in [0.15, 0.2) is 4.42 Å². The SMILES string of the molecule is Cc1nc(CNC(C)C(=O)NC(C)(C)C)oc1C. The Bertz CT molecular complexity index is 399. The Hall–Kier alpha value is -1.36. The summed E-state index contributed by atoms with van der Waals surface area (Å²) in [5.74, 6) is 1.40. The highest BCUT2D eigenvalue weighted by Gasteiger charge is 2.19. The van der Waals surface area contributed by atoms with Gasteiger partial charge in [-0.2, -0.15) is 0 Å². The molecule has 2 N–H and O–H groups in total. The molecule has 0 aromatic carbocycles. The molecule has 1 aromatic rings. The molecule has 0 aliphatic carbocycles. The van der Waals surface area contributed by atoms with E-state index in [4.69, 9.17) is 4.42 Å². The molecule has 0 bridgehead atoms. The molecule has 0 radical (unpaired) electrons. The summed E-state index contributed by atoms with van der Waals surface area (Å²) in [6, 6.07) is -0.281. The number of hydrogen-bond donors (Lipinski definition) is 2. The molecule has 0 spiro atoms. The lowest BCUT2D eigenvalue weighted by Gasteiger charge is -2.23. The Kier molecular flexibility index (Phi) is 4.51. The van der Waals surface area contributed by atoms with Gasteiger partial charge in [0, 0.05) is 5.54 Å². The minimum absolute atomic E-state index is 0.0255. The fraction of sp³-hybridized carbons (Fsp3) is 0.692. The number of hydrogen-bond acceptors (Lipinski definition) is 4. The second-order valence-electron chi connectivity index (χ2n) is 5.59. The monoisotopic (exact) mass is 253 g/mol. The first-order valence-electron chi connectivity index (χ1n) is 6.17. The van der Waals surface area contributed by atoms with Crippen LogP contribution in [-0.2, 0) is 11.3 Å². The van der Waals surface area contributed by atoms with Gasteiger partial charge in [0.1, 0.15) is 5.76 Å². The first-order valence-corrected chi connectivity index (χ1v) is 6.17. The van der Waals surface area contributed by atoms with E-state index in [-0.39, 0.29) is 17.5 Å². The van der Waals surface area contributed by atoms with Crippen LogP contribution in [0, 0.1) is 13.8 Å². The molecule has 1 unspecified atom stereocenters. The van der Waals surface area contributed by atoms with Crippen molar-refractivity contribution in [3.63, 3.8) is 0 Å². The van der Waals surface area contributed by atoms with Gasteiger partial charge in [0.05, 0.1) is 18.3 Å². The second-order valence-corrected chi connectivity index (χ2v) is 5.59. The largest absolute Gasteiger partial charge is 0.444 e. The number of aryl methyl sites for hydroxylation is 2. The van der Waals surface area contributed by atoms with E-state index < -0.39 is 0 Å². The lowest BCUT2D eigenvalue weighted by atomic mass is 10.1. The Morgan fingerprint density at radius 3 is 2.44 bits per heavy atom. The highest BCUT2D eigenvalue weighted by molar-refractivity contribution is 5.81.